The first-order valence-electron chi connectivity index (χ1n) is 8.19. The maximum absolute atomic E-state index is 6.14. The lowest BCUT2D eigenvalue weighted by Gasteiger charge is -2.38. The number of nitrogens with two attached hydrogens (primary N) is 1. The quantitative estimate of drug-likeness (QED) is 0.937. The largest absolute Gasteiger partial charge is 0.340 e. The van der Waals surface area contributed by atoms with Gasteiger partial charge in [0.25, 0.3) is 0 Å². The highest BCUT2D eigenvalue weighted by atomic mass is 15.4. The fraction of sp³-hybridized carbons (Fsp3) is 0.588. The van der Waals surface area contributed by atoms with Crippen LogP contribution in [0.3, 0.4) is 0 Å². The molecule has 5 heteroatoms. The first kappa shape index (κ1) is 15.3. The molecule has 2 heterocycles. The molecule has 1 aliphatic rings. The lowest BCUT2D eigenvalue weighted by atomic mass is 10.1. The summed E-state index contributed by atoms with van der Waals surface area (Å²) in [6.07, 6.45) is 0. The highest BCUT2D eigenvalue weighted by Crippen LogP contribution is 2.23. The predicted octanol–water partition coefficient (Wildman–Crippen LogP) is 1.92. The Hall–Kier alpha value is -1.59. The number of rotatable bonds is 4. The fourth-order valence-electron chi connectivity index (χ4n) is 3.30. The van der Waals surface area contributed by atoms with E-state index in [-0.39, 0.29) is 5.54 Å². The SMILES string of the molecule is CCn1c(N2CCN(CC(C)(C)N)CC2)nc2ccccc21. The third kappa shape index (κ3) is 3.10. The lowest BCUT2D eigenvalue weighted by molar-refractivity contribution is 0.213. The number of aryl methyl sites for hydroxylation is 1. The van der Waals surface area contributed by atoms with Crippen LogP contribution >= 0.6 is 0 Å². The predicted molar refractivity (Wildman–Crippen MR) is 92.3 cm³/mol. The summed E-state index contributed by atoms with van der Waals surface area (Å²) in [5.74, 6) is 1.11. The second kappa shape index (κ2) is 5.89. The highest BCUT2D eigenvalue weighted by molar-refractivity contribution is 5.78. The van der Waals surface area contributed by atoms with Gasteiger partial charge in [0.2, 0.25) is 5.95 Å². The Morgan fingerprint density at radius 1 is 1.14 bits per heavy atom. The summed E-state index contributed by atoms with van der Waals surface area (Å²) in [4.78, 5) is 9.71. The third-order valence-electron chi connectivity index (χ3n) is 4.24. The number of anilines is 1. The summed E-state index contributed by atoms with van der Waals surface area (Å²) in [5.41, 5.74) is 8.33. The Balaban J connectivity index is 1.76. The number of nitrogens with zero attached hydrogens (tertiary/aromatic N) is 4. The van der Waals surface area contributed by atoms with E-state index in [1.54, 1.807) is 0 Å². The van der Waals surface area contributed by atoms with Gasteiger partial charge in [0, 0.05) is 44.8 Å². The molecular formula is C17H27N5. The summed E-state index contributed by atoms with van der Waals surface area (Å²) in [5, 5.41) is 0. The van der Waals surface area contributed by atoms with Crippen LogP contribution in [-0.2, 0) is 6.54 Å². The molecule has 0 aliphatic carbocycles. The normalized spacial score (nSPS) is 17.4. The van der Waals surface area contributed by atoms with Crippen LogP contribution in [-0.4, -0.2) is 52.7 Å². The van der Waals surface area contributed by atoms with Gasteiger partial charge in [0.15, 0.2) is 0 Å². The minimum absolute atomic E-state index is 0.126. The molecule has 0 radical (unpaired) electrons. The summed E-state index contributed by atoms with van der Waals surface area (Å²) in [6.45, 7) is 12.4. The first-order chi connectivity index (χ1) is 10.5. The number of aromatic nitrogens is 2. The monoisotopic (exact) mass is 301 g/mol. The molecule has 120 valence electrons. The molecule has 1 aromatic heterocycles. The van der Waals surface area contributed by atoms with Crippen LogP contribution in [0.5, 0.6) is 0 Å². The average Bonchev–Trinajstić information content (AvgIpc) is 2.85. The number of hydrogen-bond donors (Lipinski definition) is 1. The Kier molecular flexibility index (Phi) is 4.10. The van der Waals surface area contributed by atoms with Crippen LogP contribution in [0.4, 0.5) is 5.95 Å². The van der Waals surface area contributed by atoms with Gasteiger partial charge >= 0.3 is 0 Å². The van der Waals surface area contributed by atoms with Gasteiger partial charge in [0.1, 0.15) is 0 Å². The molecule has 0 bridgehead atoms. The van der Waals surface area contributed by atoms with E-state index >= 15 is 0 Å². The van der Waals surface area contributed by atoms with Crippen molar-refractivity contribution < 1.29 is 0 Å². The molecule has 0 saturated carbocycles. The fourth-order valence-corrected chi connectivity index (χ4v) is 3.30. The Morgan fingerprint density at radius 3 is 2.45 bits per heavy atom. The van der Waals surface area contributed by atoms with Gasteiger partial charge in [-0.1, -0.05) is 12.1 Å². The maximum atomic E-state index is 6.14. The topological polar surface area (TPSA) is 50.3 Å². The summed E-state index contributed by atoms with van der Waals surface area (Å²) < 4.78 is 2.32. The lowest BCUT2D eigenvalue weighted by Crippen LogP contribution is -2.53. The third-order valence-corrected chi connectivity index (χ3v) is 4.24. The van der Waals surface area contributed by atoms with E-state index in [2.05, 4.69) is 59.4 Å². The van der Waals surface area contributed by atoms with Crippen LogP contribution in [0, 0.1) is 0 Å². The molecule has 0 unspecified atom stereocenters. The number of piperazine rings is 1. The number of benzene rings is 1. The van der Waals surface area contributed by atoms with Crippen molar-refractivity contribution in [3.63, 3.8) is 0 Å². The van der Waals surface area contributed by atoms with E-state index in [0.29, 0.717) is 0 Å². The highest BCUT2D eigenvalue weighted by Gasteiger charge is 2.24. The second-order valence-corrected chi connectivity index (χ2v) is 6.90. The molecule has 22 heavy (non-hydrogen) atoms. The van der Waals surface area contributed by atoms with Crippen molar-refractivity contribution >= 4 is 17.0 Å². The van der Waals surface area contributed by atoms with Crippen molar-refractivity contribution in [1.29, 1.82) is 0 Å². The molecule has 3 rings (SSSR count). The van der Waals surface area contributed by atoms with Gasteiger partial charge in [-0.05, 0) is 32.9 Å². The van der Waals surface area contributed by atoms with Crippen molar-refractivity contribution in [2.45, 2.75) is 32.9 Å². The van der Waals surface area contributed by atoms with Gasteiger partial charge in [-0.15, -0.1) is 0 Å². The Bertz CT molecular complexity index is 632. The molecule has 2 N–H and O–H groups in total. The van der Waals surface area contributed by atoms with Crippen molar-refractivity contribution in [1.82, 2.24) is 14.5 Å². The average molecular weight is 301 g/mol. The van der Waals surface area contributed by atoms with Gasteiger partial charge in [-0.3, -0.25) is 4.90 Å². The van der Waals surface area contributed by atoms with Gasteiger partial charge in [-0.25, -0.2) is 4.98 Å². The molecule has 1 fully saturated rings. The van der Waals surface area contributed by atoms with Gasteiger partial charge in [-0.2, -0.15) is 0 Å². The van der Waals surface area contributed by atoms with Crippen molar-refractivity contribution in [2.24, 2.45) is 5.73 Å². The smallest absolute Gasteiger partial charge is 0.206 e. The zero-order chi connectivity index (χ0) is 15.7. The molecule has 1 aromatic carbocycles. The van der Waals surface area contributed by atoms with Crippen molar-refractivity contribution in [2.75, 3.05) is 37.6 Å². The molecule has 1 saturated heterocycles. The minimum Gasteiger partial charge on any atom is -0.340 e. The molecule has 0 atom stereocenters. The van der Waals surface area contributed by atoms with E-state index in [4.69, 9.17) is 10.7 Å². The van der Waals surface area contributed by atoms with Crippen molar-refractivity contribution in [3.05, 3.63) is 24.3 Å². The van der Waals surface area contributed by atoms with Crippen LogP contribution in [0.2, 0.25) is 0 Å². The Morgan fingerprint density at radius 2 is 1.82 bits per heavy atom. The molecule has 1 aliphatic heterocycles. The first-order valence-corrected chi connectivity index (χ1v) is 8.19. The van der Waals surface area contributed by atoms with E-state index in [1.807, 2.05) is 0 Å². The molecule has 5 nitrogen and oxygen atoms in total. The number of hydrogen-bond acceptors (Lipinski definition) is 4. The van der Waals surface area contributed by atoms with Crippen molar-refractivity contribution in [3.8, 4) is 0 Å². The minimum atomic E-state index is -0.126. The number of para-hydroxylation sites is 2. The van der Waals surface area contributed by atoms with Gasteiger partial charge in [0.05, 0.1) is 11.0 Å². The summed E-state index contributed by atoms with van der Waals surface area (Å²) in [6, 6.07) is 8.39. The zero-order valence-electron chi connectivity index (χ0n) is 13.9. The standard InChI is InChI=1S/C17H27N5/c1-4-22-15-8-6-5-7-14(15)19-16(22)21-11-9-20(10-12-21)13-17(2,3)18/h5-8H,4,9-13,18H2,1-3H3. The molecule has 0 amide bonds. The summed E-state index contributed by atoms with van der Waals surface area (Å²) >= 11 is 0. The summed E-state index contributed by atoms with van der Waals surface area (Å²) in [7, 11) is 0. The number of fused-ring (bicyclic) bond motifs is 1. The van der Waals surface area contributed by atoms with E-state index < -0.39 is 0 Å². The molecular weight excluding hydrogens is 274 g/mol. The molecule has 0 spiro atoms. The van der Waals surface area contributed by atoms with Gasteiger partial charge < -0.3 is 15.2 Å². The van der Waals surface area contributed by atoms with E-state index in [1.165, 1.54) is 5.52 Å². The molecule has 2 aromatic rings. The van der Waals surface area contributed by atoms with Crippen LogP contribution in [0.1, 0.15) is 20.8 Å². The van der Waals surface area contributed by atoms with Crippen LogP contribution < -0.4 is 10.6 Å². The number of imidazole rings is 1. The second-order valence-electron chi connectivity index (χ2n) is 6.90. The maximum Gasteiger partial charge on any atom is 0.206 e. The van der Waals surface area contributed by atoms with Crippen LogP contribution in [0.15, 0.2) is 24.3 Å². The van der Waals surface area contributed by atoms with Crippen LogP contribution in [0.25, 0.3) is 11.0 Å². The Labute approximate surface area is 132 Å². The van der Waals surface area contributed by atoms with E-state index in [0.717, 1.165) is 50.7 Å². The van der Waals surface area contributed by atoms with E-state index in [9.17, 15) is 0 Å². The zero-order valence-corrected chi connectivity index (χ0v) is 13.9.